The van der Waals surface area contributed by atoms with Crippen molar-refractivity contribution in [3.63, 3.8) is 0 Å². The van der Waals surface area contributed by atoms with E-state index in [0.717, 1.165) is 46.7 Å². The van der Waals surface area contributed by atoms with Crippen LogP contribution in [0.25, 0.3) is 0 Å². The normalized spacial score (nSPS) is 15.9. The van der Waals surface area contributed by atoms with Crippen LogP contribution in [0.5, 0.6) is 5.75 Å². The molecule has 1 heterocycles. The predicted molar refractivity (Wildman–Crippen MR) is 138 cm³/mol. The first kappa shape index (κ1) is 23.8. The fourth-order valence-corrected chi connectivity index (χ4v) is 5.67. The lowest BCUT2D eigenvalue weighted by atomic mass is 9.72. The Morgan fingerprint density at radius 1 is 1.18 bits per heavy atom. The number of ether oxygens (including phenoxy) is 1. The van der Waals surface area contributed by atoms with Crippen molar-refractivity contribution in [2.24, 2.45) is 16.3 Å². The van der Waals surface area contributed by atoms with Crippen LogP contribution in [0, 0.1) is 22.7 Å². The minimum atomic E-state index is 0.274. The zero-order valence-corrected chi connectivity index (χ0v) is 21.3. The van der Waals surface area contributed by atoms with Gasteiger partial charge in [0.25, 0.3) is 0 Å². The van der Waals surface area contributed by atoms with Crippen molar-refractivity contribution in [3.8, 4) is 11.8 Å². The second-order valence-corrected chi connectivity index (χ2v) is 11.4. The van der Waals surface area contributed by atoms with Gasteiger partial charge in [0.15, 0.2) is 0 Å². The SMILES string of the molecule is CC(C)(C)[C@H]1CCc2c(sc(N=Cc3cccc(OCc4ccc(Cl)c(Cl)c4)c3)c2C#N)C1. The first-order chi connectivity index (χ1) is 15.7. The third-order valence-corrected chi connectivity index (χ3v) is 8.06. The maximum Gasteiger partial charge on any atom is 0.134 e. The van der Waals surface area contributed by atoms with Crippen LogP contribution in [0.2, 0.25) is 10.0 Å². The molecule has 3 nitrogen and oxygen atoms in total. The number of hydrogen-bond acceptors (Lipinski definition) is 4. The molecule has 0 saturated carbocycles. The molecule has 0 aliphatic heterocycles. The predicted octanol–water partition coefficient (Wildman–Crippen LogP) is 8.41. The quantitative estimate of drug-likeness (QED) is 0.332. The summed E-state index contributed by atoms with van der Waals surface area (Å²) in [6, 6.07) is 15.6. The van der Waals surface area contributed by atoms with E-state index >= 15 is 0 Å². The summed E-state index contributed by atoms with van der Waals surface area (Å²) in [7, 11) is 0. The van der Waals surface area contributed by atoms with Gasteiger partial charge in [-0.15, -0.1) is 11.3 Å². The molecule has 1 aromatic heterocycles. The van der Waals surface area contributed by atoms with Crippen molar-refractivity contribution < 1.29 is 4.74 Å². The highest BCUT2D eigenvalue weighted by Crippen LogP contribution is 2.44. The summed E-state index contributed by atoms with van der Waals surface area (Å²) in [6.45, 7) is 7.30. The molecular formula is C27H26Cl2N2OS. The molecule has 33 heavy (non-hydrogen) atoms. The van der Waals surface area contributed by atoms with E-state index in [1.54, 1.807) is 23.5 Å². The number of rotatable bonds is 5. The Balaban J connectivity index is 1.49. The molecule has 2 aromatic carbocycles. The molecule has 3 aromatic rings. The largest absolute Gasteiger partial charge is 0.489 e. The fraction of sp³-hybridized carbons (Fsp3) is 0.333. The summed E-state index contributed by atoms with van der Waals surface area (Å²) < 4.78 is 5.92. The molecule has 0 amide bonds. The average Bonchev–Trinajstić information content (AvgIpc) is 3.15. The second-order valence-electron chi connectivity index (χ2n) is 9.47. The fourth-order valence-electron chi connectivity index (χ4n) is 4.13. The van der Waals surface area contributed by atoms with Gasteiger partial charge in [-0.3, -0.25) is 0 Å². The number of halogens is 2. The maximum absolute atomic E-state index is 9.79. The van der Waals surface area contributed by atoms with E-state index in [4.69, 9.17) is 32.9 Å². The van der Waals surface area contributed by atoms with Gasteiger partial charge in [-0.1, -0.05) is 62.2 Å². The van der Waals surface area contributed by atoms with Crippen molar-refractivity contribution in [1.82, 2.24) is 0 Å². The number of hydrogen-bond donors (Lipinski definition) is 0. The van der Waals surface area contributed by atoms with Crippen LogP contribution in [-0.2, 0) is 19.4 Å². The lowest BCUT2D eigenvalue weighted by molar-refractivity contribution is 0.218. The Morgan fingerprint density at radius 2 is 2.00 bits per heavy atom. The number of fused-ring (bicyclic) bond motifs is 1. The van der Waals surface area contributed by atoms with Crippen molar-refractivity contribution >= 4 is 45.8 Å². The van der Waals surface area contributed by atoms with Gasteiger partial charge in [-0.2, -0.15) is 5.26 Å². The lowest BCUT2D eigenvalue weighted by Crippen LogP contribution is -2.26. The van der Waals surface area contributed by atoms with Gasteiger partial charge in [0, 0.05) is 11.1 Å². The van der Waals surface area contributed by atoms with Gasteiger partial charge < -0.3 is 4.74 Å². The second kappa shape index (κ2) is 9.89. The monoisotopic (exact) mass is 496 g/mol. The smallest absolute Gasteiger partial charge is 0.134 e. The van der Waals surface area contributed by atoms with Gasteiger partial charge in [0.2, 0.25) is 0 Å². The van der Waals surface area contributed by atoms with Crippen LogP contribution in [0.1, 0.15) is 54.3 Å². The number of aliphatic imine (C=N–C) groups is 1. The summed E-state index contributed by atoms with van der Waals surface area (Å²) in [4.78, 5) is 6.03. The molecule has 1 aliphatic rings. The molecular weight excluding hydrogens is 471 g/mol. The summed E-state index contributed by atoms with van der Waals surface area (Å²) in [5.74, 6) is 1.38. The highest BCUT2D eigenvalue weighted by Gasteiger charge is 2.32. The van der Waals surface area contributed by atoms with Gasteiger partial charge in [-0.25, -0.2) is 4.99 Å². The zero-order chi connectivity index (χ0) is 23.6. The van der Waals surface area contributed by atoms with Gasteiger partial charge in [0.1, 0.15) is 23.4 Å². The van der Waals surface area contributed by atoms with Crippen molar-refractivity contribution in [2.45, 2.75) is 46.6 Å². The van der Waals surface area contributed by atoms with E-state index in [2.05, 4.69) is 26.8 Å². The molecule has 0 bridgehead atoms. The molecule has 0 unspecified atom stereocenters. The Labute approximate surface area is 209 Å². The molecule has 0 N–H and O–H groups in total. The molecule has 0 saturated heterocycles. The van der Waals surface area contributed by atoms with Crippen LogP contribution in [0.4, 0.5) is 5.00 Å². The molecule has 170 valence electrons. The molecule has 0 spiro atoms. The van der Waals surface area contributed by atoms with E-state index in [0.29, 0.717) is 22.6 Å². The van der Waals surface area contributed by atoms with Crippen LogP contribution in [-0.4, -0.2) is 6.21 Å². The number of thiophene rings is 1. The van der Waals surface area contributed by atoms with E-state index in [9.17, 15) is 5.26 Å². The van der Waals surface area contributed by atoms with E-state index in [-0.39, 0.29) is 5.41 Å². The summed E-state index contributed by atoms with van der Waals surface area (Å²) in [6.07, 6.45) is 4.94. The maximum atomic E-state index is 9.79. The number of nitrogens with zero attached hydrogens (tertiary/aromatic N) is 2. The highest BCUT2D eigenvalue weighted by molar-refractivity contribution is 7.16. The third kappa shape index (κ3) is 5.61. The van der Waals surface area contributed by atoms with E-state index in [1.807, 2.05) is 36.5 Å². The van der Waals surface area contributed by atoms with Crippen molar-refractivity contribution in [3.05, 3.63) is 79.6 Å². The highest BCUT2D eigenvalue weighted by atomic mass is 35.5. The van der Waals surface area contributed by atoms with E-state index < -0.39 is 0 Å². The average molecular weight is 497 g/mol. The topological polar surface area (TPSA) is 45.4 Å². The van der Waals surface area contributed by atoms with Gasteiger partial charge >= 0.3 is 0 Å². The third-order valence-electron chi connectivity index (χ3n) is 6.16. The molecule has 4 rings (SSSR count). The molecule has 0 fully saturated rings. The Kier molecular flexibility index (Phi) is 7.14. The lowest BCUT2D eigenvalue weighted by Gasteiger charge is -2.33. The molecule has 6 heteroatoms. The summed E-state index contributed by atoms with van der Waals surface area (Å²) in [5.41, 5.74) is 4.08. The Bertz CT molecular complexity index is 1230. The summed E-state index contributed by atoms with van der Waals surface area (Å²) in [5, 5.41) is 11.6. The van der Waals surface area contributed by atoms with Gasteiger partial charge in [0.05, 0.1) is 15.6 Å². The zero-order valence-electron chi connectivity index (χ0n) is 19.0. The van der Waals surface area contributed by atoms with Crippen LogP contribution >= 0.6 is 34.5 Å². The standard InChI is InChI=1S/C27H26Cl2N2OS/c1-27(2,3)19-8-9-21-22(14-30)26(33-25(21)13-19)31-15-17-5-4-6-20(11-17)32-16-18-7-10-23(28)24(29)12-18/h4-7,10-12,15,19H,8-9,13,16H2,1-3H3/t19-/m0/s1. The van der Waals surface area contributed by atoms with E-state index in [1.165, 1.54) is 10.4 Å². The van der Waals surface area contributed by atoms with Crippen molar-refractivity contribution in [2.75, 3.05) is 0 Å². The summed E-state index contributed by atoms with van der Waals surface area (Å²) >= 11 is 13.7. The van der Waals surface area contributed by atoms with Crippen molar-refractivity contribution in [1.29, 1.82) is 5.26 Å². The van der Waals surface area contributed by atoms with Crippen LogP contribution in [0.3, 0.4) is 0 Å². The van der Waals surface area contributed by atoms with Crippen LogP contribution in [0.15, 0.2) is 47.5 Å². The molecule has 1 aliphatic carbocycles. The number of benzene rings is 2. The minimum absolute atomic E-state index is 0.274. The first-order valence-electron chi connectivity index (χ1n) is 11.0. The minimum Gasteiger partial charge on any atom is -0.489 e. The Morgan fingerprint density at radius 3 is 2.73 bits per heavy atom. The number of nitriles is 1. The Hall–Kier alpha value is -2.32. The first-order valence-corrected chi connectivity index (χ1v) is 12.6. The van der Waals surface area contributed by atoms with Crippen LogP contribution < -0.4 is 4.74 Å². The molecule has 0 radical (unpaired) electrons. The van der Waals surface area contributed by atoms with Gasteiger partial charge in [-0.05, 0) is 71.6 Å². The molecule has 1 atom stereocenters.